The van der Waals surface area contributed by atoms with Gasteiger partial charge in [-0.25, -0.2) is 14.5 Å². The molecule has 0 aliphatic rings. The molecule has 6 rings (SSSR count). The van der Waals surface area contributed by atoms with Crippen LogP contribution in [-0.4, -0.2) is 45.9 Å². The molecule has 3 aromatic heterocycles. The van der Waals surface area contributed by atoms with E-state index in [2.05, 4.69) is 4.98 Å². The Hall–Kier alpha value is -4.56. The van der Waals surface area contributed by atoms with Crippen LogP contribution in [0.25, 0.3) is 50.7 Å². The molecular formula is C28H22ClN5O3. The van der Waals surface area contributed by atoms with Crippen molar-refractivity contribution in [1.29, 1.82) is 0 Å². The number of aromatic nitrogens is 5. The molecule has 9 heteroatoms. The van der Waals surface area contributed by atoms with Crippen LogP contribution in [0.5, 0.6) is 17.2 Å². The van der Waals surface area contributed by atoms with Crippen molar-refractivity contribution >= 4 is 28.3 Å². The maximum Gasteiger partial charge on any atom is 0.203 e. The SMILES string of the molecule is COc1cc(-c2cc(-c3nc4ccc(Cl)cc4[nH]3)nc3cc(-c4ccccc4)nn23)cc(OC)c1OC. The van der Waals surface area contributed by atoms with Gasteiger partial charge in [-0.1, -0.05) is 41.9 Å². The second kappa shape index (κ2) is 9.15. The average Bonchev–Trinajstić information content (AvgIpc) is 3.56. The highest BCUT2D eigenvalue weighted by Gasteiger charge is 2.19. The monoisotopic (exact) mass is 511 g/mol. The number of halogens is 1. The van der Waals surface area contributed by atoms with E-state index in [4.69, 9.17) is 40.9 Å². The summed E-state index contributed by atoms with van der Waals surface area (Å²) in [6.07, 6.45) is 0. The minimum absolute atomic E-state index is 0.513. The zero-order valence-electron chi connectivity index (χ0n) is 20.3. The molecule has 1 N–H and O–H groups in total. The van der Waals surface area contributed by atoms with Crippen LogP contribution in [0.2, 0.25) is 5.02 Å². The molecule has 0 radical (unpaired) electrons. The lowest BCUT2D eigenvalue weighted by molar-refractivity contribution is 0.324. The lowest BCUT2D eigenvalue weighted by atomic mass is 10.1. The Morgan fingerprint density at radius 3 is 2.22 bits per heavy atom. The van der Waals surface area contributed by atoms with Gasteiger partial charge in [-0.3, -0.25) is 0 Å². The normalized spacial score (nSPS) is 11.2. The van der Waals surface area contributed by atoms with Gasteiger partial charge < -0.3 is 19.2 Å². The van der Waals surface area contributed by atoms with E-state index in [0.717, 1.165) is 33.5 Å². The van der Waals surface area contributed by atoms with Gasteiger partial charge in [0.25, 0.3) is 0 Å². The predicted octanol–water partition coefficient (Wildman–Crippen LogP) is 6.29. The molecular weight excluding hydrogens is 490 g/mol. The molecule has 37 heavy (non-hydrogen) atoms. The van der Waals surface area contributed by atoms with Gasteiger partial charge in [0.1, 0.15) is 5.69 Å². The van der Waals surface area contributed by atoms with E-state index in [0.29, 0.717) is 39.4 Å². The first-order valence-electron chi connectivity index (χ1n) is 11.5. The van der Waals surface area contributed by atoms with Crippen LogP contribution in [0.4, 0.5) is 0 Å². The van der Waals surface area contributed by atoms with Crippen LogP contribution in [0.1, 0.15) is 0 Å². The van der Waals surface area contributed by atoms with Gasteiger partial charge in [0.2, 0.25) is 5.75 Å². The molecule has 6 aromatic rings. The van der Waals surface area contributed by atoms with E-state index < -0.39 is 0 Å². The van der Waals surface area contributed by atoms with Crippen LogP contribution in [0.3, 0.4) is 0 Å². The molecule has 0 saturated heterocycles. The zero-order chi connectivity index (χ0) is 25.5. The molecule has 0 spiro atoms. The van der Waals surface area contributed by atoms with E-state index in [9.17, 15) is 0 Å². The third kappa shape index (κ3) is 4.01. The number of fused-ring (bicyclic) bond motifs is 2. The van der Waals surface area contributed by atoms with Crippen LogP contribution in [-0.2, 0) is 0 Å². The molecule has 0 aliphatic carbocycles. The van der Waals surface area contributed by atoms with Gasteiger partial charge in [0, 0.05) is 22.2 Å². The minimum Gasteiger partial charge on any atom is -0.493 e. The topological polar surface area (TPSA) is 86.6 Å². The summed E-state index contributed by atoms with van der Waals surface area (Å²) < 4.78 is 18.6. The fourth-order valence-electron chi connectivity index (χ4n) is 4.38. The smallest absolute Gasteiger partial charge is 0.203 e. The summed E-state index contributed by atoms with van der Waals surface area (Å²) in [6, 6.07) is 23.2. The number of ether oxygens (including phenoxy) is 3. The number of methoxy groups -OCH3 is 3. The Labute approximate surface area is 217 Å². The third-order valence-electron chi connectivity index (χ3n) is 6.14. The highest BCUT2D eigenvalue weighted by molar-refractivity contribution is 6.31. The molecule has 0 atom stereocenters. The average molecular weight is 512 g/mol. The predicted molar refractivity (Wildman–Crippen MR) is 144 cm³/mol. The maximum absolute atomic E-state index is 6.19. The Morgan fingerprint density at radius 1 is 0.757 bits per heavy atom. The maximum atomic E-state index is 6.19. The van der Waals surface area contributed by atoms with E-state index in [-0.39, 0.29) is 0 Å². The number of hydrogen-bond donors (Lipinski definition) is 1. The van der Waals surface area contributed by atoms with Gasteiger partial charge in [-0.2, -0.15) is 5.10 Å². The summed E-state index contributed by atoms with van der Waals surface area (Å²) in [6.45, 7) is 0. The van der Waals surface area contributed by atoms with Crippen LogP contribution >= 0.6 is 11.6 Å². The highest BCUT2D eigenvalue weighted by Crippen LogP contribution is 2.42. The summed E-state index contributed by atoms with van der Waals surface area (Å²) >= 11 is 6.19. The Morgan fingerprint density at radius 2 is 1.51 bits per heavy atom. The van der Waals surface area contributed by atoms with Gasteiger partial charge >= 0.3 is 0 Å². The van der Waals surface area contributed by atoms with E-state index in [1.54, 1.807) is 21.3 Å². The number of aromatic amines is 1. The summed E-state index contributed by atoms with van der Waals surface area (Å²) in [4.78, 5) is 13.0. The minimum atomic E-state index is 0.513. The lowest BCUT2D eigenvalue weighted by Crippen LogP contribution is -2.01. The number of benzene rings is 3. The fraction of sp³-hybridized carbons (Fsp3) is 0.107. The Kier molecular flexibility index (Phi) is 5.65. The molecule has 0 fully saturated rings. The summed E-state index contributed by atoms with van der Waals surface area (Å²) in [5.41, 5.74) is 6.33. The van der Waals surface area contributed by atoms with Crippen LogP contribution < -0.4 is 14.2 Å². The summed E-state index contributed by atoms with van der Waals surface area (Å²) in [5, 5.41) is 5.53. The van der Waals surface area contributed by atoms with Crippen molar-refractivity contribution in [3.8, 4) is 51.3 Å². The first-order valence-corrected chi connectivity index (χ1v) is 11.9. The summed E-state index contributed by atoms with van der Waals surface area (Å²) in [7, 11) is 4.77. The molecule has 0 saturated carbocycles. The number of hydrogen-bond acceptors (Lipinski definition) is 6. The number of nitrogens with one attached hydrogen (secondary N) is 1. The number of H-pyrrole nitrogens is 1. The lowest BCUT2D eigenvalue weighted by Gasteiger charge is -2.15. The van der Waals surface area contributed by atoms with Gasteiger partial charge in [0.05, 0.1) is 43.8 Å². The van der Waals surface area contributed by atoms with E-state index in [1.807, 2.05) is 77.3 Å². The highest BCUT2D eigenvalue weighted by atomic mass is 35.5. The molecule has 3 heterocycles. The zero-order valence-corrected chi connectivity index (χ0v) is 21.1. The van der Waals surface area contributed by atoms with Crippen molar-refractivity contribution in [2.75, 3.05) is 21.3 Å². The number of rotatable bonds is 6. The number of nitrogens with zero attached hydrogens (tertiary/aromatic N) is 4. The Balaban J connectivity index is 1.62. The van der Waals surface area contributed by atoms with Crippen LogP contribution in [0.15, 0.2) is 72.8 Å². The molecule has 0 unspecified atom stereocenters. The molecule has 0 aliphatic heterocycles. The van der Waals surface area contributed by atoms with Crippen molar-refractivity contribution in [2.24, 2.45) is 0 Å². The third-order valence-corrected chi connectivity index (χ3v) is 6.38. The molecule has 0 amide bonds. The largest absolute Gasteiger partial charge is 0.493 e. The van der Waals surface area contributed by atoms with Gasteiger partial charge in [0.15, 0.2) is 23.0 Å². The van der Waals surface area contributed by atoms with Crippen molar-refractivity contribution < 1.29 is 14.2 Å². The molecule has 8 nitrogen and oxygen atoms in total. The first kappa shape index (κ1) is 22.9. The van der Waals surface area contributed by atoms with Gasteiger partial charge in [-0.15, -0.1) is 0 Å². The first-order chi connectivity index (χ1) is 18.1. The Bertz CT molecular complexity index is 1740. The van der Waals surface area contributed by atoms with Gasteiger partial charge in [-0.05, 0) is 36.4 Å². The second-order valence-electron chi connectivity index (χ2n) is 8.35. The molecule has 184 valence electrons. The van der Waals surface area contributed by atoms with Crippen molar-refractivity contribution in [1.82, 2.24) is 24.6 Å². The summed E-state index contributed by atoms with van der Waals surface area (Å²) in [5.74, 6) is 2.21. The number of imidazole rings is 1. The van der Waals surface area contributed by atoms with Crippen LogP contribution in [0, 0.1) is 0 Å². The van der Waals surface area contributed by atoms with Crippen molar-refractivity contribution in [2.45, 2.75) is 0 Å². The fourth-order valence-corrected chi connectivity index (χ4v) is 4.56. The van der Waals surface area contributed by atoms with Crippen molar-refractivity contribution in [3.63, 3.8) is 0 Å². The molecule has 0 bridgehead atoms. The second-order valence-corrected chi connectivity index (χ2v) is 8.79. The standard InChI is InChI=1S/C28H22ClN5O3/c1-35-24-11-17(12-25(36-2)27(24)37-3)23-14-22(28-31-19-10-9-18(29)13-21(19)32-28)30-26-15-20(33-34(23)26)16-7-5-4-6-8-16/h4-15H,1-3H3,(H,31,32). The van der Waals surface area contributed by atoms with E-state index in [1.165, 1.54) is 0 Å². The van der Waals surface area contributed by atoms with Crippen molar-refractivity contribution in [3.05, 3.63) is 77.8 Å². The quantitative estimate of drug-likeness (QED) is 0.283. The van der Waals surface area contributed by atoms with E-state index >= 15 is 0 Å². The molecule has 3 aromatic carbocycles.